The fraction of sp³-hybridized carbons (Fsp3) is 0.278. The Bertz CT molecular complexity index is 768. The van der Waals surface area contributed by atoms with Crippen LogP contribution in [0.3, 0.4) is 0 Å². The van der Waals surface area contributed by atoms with Crippen molar-refractivity contribution in [1.82, 2.24) is 5.32 Å². The predicted octanol–water partition coefficient (Wildman–Crippen LogP) is 1.77. The van der Waals surface area contributed by atoms with E-state index in [4.69, 9.17) is 4.74 Å². The molecule has 23 heavy (non-hydrogen) atoms. The topological polar surface area (TPSA) is 72.5 Å². The molecule has 1 aliphatic heterocycles. The van der Waals surface area contributed by atoms with Crippen molar-refractivity contribution in [2.75, 3.05) is 6.61 Å². The van der Waals surface area contributed by atoms with Gasteiger partial charge in [-0.25, -0.2) is 4.79 Å². The molecule has 1 N–H and O–H groups in total. The summed E-state index contributed by atoms with van der Waals surface area (Å²) >= 11 is 0. The highest BCUT2D eigenvalue weighted by Crippen LogP contribution is 2.16. The van der Waals surface area contributed by atoms with Crippen molar-refractivity contribution in [3.05, 3.63) is 48.0 Å². The van der Waals surface area contributed by atoms with Crippen LogP contribution < -0.4 is 5.32 Å². The van der Waals surface area contributed by atoms with Crippen molar-refractivity contribution in [3.63, 3.8) is 0 Å². The van der Waals surface area contributed by atoms with Gasteiger partial charge in [-0.3, -0.25) is 9.59 Å². The quantitative estimate of drug-likeness (QED) is 0.675. The minimum absolute atomic E-state index is 0.177. The molecule has 5 nitrogen and oxygen atoms in total. The third-order valence-corrected chi connectivity index (χ3v) is 3.84. The van der Waals surface area contributed by atoms with E-state index in [1.807, 2.05) is 42.5 Å². The lowest BCUT2D eigenvalue weighted by Gasteiger charge is -2.08. The number of hydrogen-bond acceptors (Lipinski definition) is 4. The molecule has 1 saturated heterocycles. The lowest BCUT2D eigenvalue weighted by molar-refractivity contribution is -0.141. The molecule has 1 aliphatic rings. The van der Waals surface area contributed by atoms with Crippen molar-refractivity contribution >= 4 is 28.4 Å². The van der Waals surface area contributed by atoms with Crippen LogP contribution in [0.5, 0.6) is 0 Å². The van der Waals surface area contributed by atoms with Crippen LogP contribution in [0, 0.1) is 0 Å². The van der Waals surface area contributed by atoms with Gasteiger partial charge in [-0.05, 0) is 16.3 Å². The number of amides is 1. The number of Topliss-reactive ketones (excluding diaryl/α,β-unsaturated/α-hetero) is 1. The summed E-state index contributed by atoms with van der Waals surface area (Å²) in [5.41, 5.74) is 0.877. The van der Waals surface area contributed by atoms with Crippen LogP contribution in [0.25, 0.3) is 10.8 Å². The summed E-state index contributed by atoms with van der Waals surface area (Å²) in [4.78, 5) is 35.1. The van der Waals surface area contributed by atoms with Crippen LogP contribution >= 0.6 is 0 Å². The maximum atomic E-state index is 12.0. The SMILES string of the molecule is O=C(CC(=O)N[C@@H]1CCOC1=O)Cc1ccc2ccccc2c1. The zero-order chi connectivity index (χ0) is 16.2. The number of fused-ring (bicyclic) bond motifs is 1. The molecule has 1 amide bonds. The van der Waals surface area contributed by atoms with Gasteiger partial charge in [0.15, 0.2) is 0 Å². The van der Waals surface area contributed by atoms with Gasteiger partial charge >= 0.3 is 5.97 Å². The number of benzene rings is 2. The summed E-state index contributed by atoms with van der Waals surface area (Å²) in [5.74, 6) is -1.04. The van der Waals surface area contributed by atoms with Crippen molar-refractivity contribution in [1.29, 1.82) is 0 Å². The highest BCUT2D eigenvalue weighted by Gasteiger charge is 2.28. The van der Waals surface area contributed by atoms with E-state index in [-0.39, 0.29) is 18.6 Å². The van der Waals surface area contributed by atoms with Gasteiger partial charge in [0.25, 0.3) is 0 Å². The van der Waals surface area contributed by atoms with Crippen molar-refractivity contribution < 1.29 is 19.1 Å². The second-order valence-corrected chi connectivity index (χ2v) is 5.65. The summed E-state index contributed by atoms with van der Waals surface area (Å²) in [6, 6.07) is 13.1. The molecule has 1 fully saturated rings. The Balaban J connectivity index is 1.57. The summed E-state index contributed by atoms with van der Waals surface area (Å²) in [7, 11) is 0. The fourth-order valence-corrected chi connectivity index (χ4v) is 2.69. The van der Waals surface area contributed by atoms with Crippen LogP contribution in [0.2, 0.25) is 0 Å². The smallest absolute Gasteiger partial charge is 0.328 e. The van der Waals surface area contributed by atoms with E-state index in [9.17, 15) is 14.4 Å². The second-order valence-electron chi connectivity index (χ2n) is 5.65. The molecule has 0 bridgehead atoms. The number of carbonyl (C=O) groups excluding carboxylic acids is 3. The highest BCUT2D eigenvalue weighted by molar-refractivity contribution is 6.00. The van der Waals surface area contributed by atoms with Gasteiger partial charge in [0.2, 0.25) is 5.91 Å². The first-order chi connectivity index (χ1) is 11.1. The van der Waals surface area contributed by atoms with E-state index < -0.39 is 17.9 Å². The number of nitrogens with one attached hydrogen (secondary N) is 1. The predicted molar refractivity (Wildman–Crippen MR) is 84.8 cm³/mol. The summed E-state index contributed by atoms with van der Waals surface area (Å²) in [5, 5.41) is 4.72. The van der Waals surface area contributed by atoms with Crippen LogP contribution in [0.4, 0.5) is 0 Å². The molecule has 118 valence electrons. The van der Waals surface area contributed by atoms with Gasteiger partial charge in [0.1, 0.15) is 11.8 Å². The van der Waals surface area contributed by atoms with Gasteiger partial charge in [0, 0.05) is 12.8 Å². The molecular formula is C18H17NO4. The Morgan fingerprint density at radius 3 is 2.65 bits per heavy atom. The molecule has 0 aliphatic carbocycles. The van der Waals surface area contributed by atoms with Crippen LogP contribution in [-0.4, -0.2) is 30.3 Å². The Hall–Kier alpha value is -2.69. The van der Waals surface area contributed by atoms with Crippen LogP contribution in [-0.2, 0) is 25.5 Å². The monoisotopic (exact) mass is 311 g/mol. The average molecular weight is 311 g/mol. The molecule has 0 radical (unpaired) electrons. The normalized spacial score (nSPS) is 17.0. The second kappa shape index (κ2) is 6.60. The zero-order valence-corrected chi connectivity index (χ0v) is 12.6. The van der Waals surface area contributed by atoms with Gasteiger partial charge in [-0.15, -0.1) is 0 Å². The molecule has 0 unspecified atom stereocenters. The molecule has 0 aromatic heterocycles. The van der Waals surface area contributed by atoms with Crippen molar-refractivity contribution in [2.24, 2.45) is 0 Å². The largest absolute Gasteiger partial charge is 0.464 e. The third-order valence-electron chi connectivity index (χ3n) is 3.84. The maximum Gasteiger partial charge on any atom is 0.328 e. The van der Waals surface area contributed by atoms with Crippen LogP contribution in [0.1, 0.15) is 18.4 Å². The number of carbonyl (C=O) groups is 3. The van der Waals surface area contributed by atoms with Crippen molar-refractivity contribution in [2.45, 2.75) is 25.3 Å². The summed E-state index contributed by atoms with van der Waals surface area (Å²) in [6.07, 6.45) is 0.438. The molecule has 2 aromatic carbocycles. The van der Waals surface area contributed by atoms with Crippen LogP contribution in [0.15, 0.2) is 42.5 Å². The summed E-state index contributed by atoms with van der Waals surface area (Å²) < 4.78 is 4.77. The molecule has 1 atom stereocenters. The number of hydrogen-bond donors (Lipinski definition) is 1. The maximum absolute atomic E-state index is 12.0. The van der Waals surface area contributed by atoms with Gasteiger partial charge in [-0.2, -0.15) is 0 Å². The standard InChI is InChI=1S/C18H17NO4/c20-15(11-17(21)19-16-7-8-23-18(16)22)10-12-5-6-13-3-1-2-4-14(13)9-12/h1-6,9,16H,7-8,10-11H2,(H,19,21)/t16-/m1/s1. The Morgan fingerprint density at radius 1 is 1.13 bits per heavy atom. The molecule has 3 rings (SSSR count). The van der Waals surface area contributed by atoms with E-state index in [1.54, 1.807) is 0 Å². The molecule has 0 saturated carbocycles. The highest BCUT2D eigenvalue weighted by atomic mass is 16.5. The number of esters is 1. The van der Waals surface area contributed by atoms with E-state index in [0.717, 1.165) is 16.3 Å². The Morgan fingerprint density at radius 2 is 1.91 bits per heavy atom. The molecular weight excluding hydrogens is 294 g/mol. The zero-order valence-electron chi connectivity index (χ0n) is 12.6. The Kier molecular flexibility index (Phi) is 4.37. The van der Waals surface area contributed by atoms with Gasteiger partial charge in [-0.1, -0.05) is 42.5 Å². The number of ketones is 1. The van der Waals surface area contributed by atoms with Gasteiger partial charge < -0.3 is 10.1 Å². The van der Waals surface area contributed by atoms with E-state index >= 15 is 0 Å². The molecule has 0 spiro atoms. The average Bonchev–Trinajstić information content (AvgIpc) is 2.92. The first-order valence-corrected chi connectivity index (χ1v) is 7.57. The first kappa shape index (κ1) is 15.2. The summed E-state index contributed by atoms with van der Waals surface area (Å²) in [6.45, 7) is 0.314. The molecule has 2 aromatic rings. The Labute approximate surface area is 133 Å². The van der Waals surface area contributed by atoms with E-state index in [0.29, 0.717) is 13.0 Å². The first-order valence-electron chi connectivity index (χ1n) is 7.57. The van der Waals surface area contributed by atoms with Crippen molar-refractivity contribution in [3.8, 4) is 0 Å². The van der Waals surface area contributed by atoms with E-state index in [2.05, 4.69) is 5.32 Å². The third kappa shape index (κ3) is 3.74. The lowest BCUT2D eigenvalue weighted by Crippen LogP contribution is -2.38. The van der Waals surface area contributed by atoms with Gasteiger partial charge in [0.05, 0.1) is 13.0 Å². The molecule has 5 heteroatoms. The van der Waals surface area contributed by atoms with E-state index in [1.165, 1.54) is 0 Å². The fourth-order valence-electron chi connectivity index (χ4n) is 2.69. The minimum Gasteiger partial charge on any atom is -0.464 e. The number of cyclic esters (lactones) is 1. The number of rotatable bonds is 5. The minimum atomic E-state index is -0.615. The molecule has 1 heterocycles. The lowest BCUT2D eigenvalue weighted by atomic mass is 10.0. The number of ether oxygens (including phenoxy) is 1.